The number of halogens is 1. The molecule has 0 unspecified atom stereocenters. The molecule has 0 amide bonds. The van der Waals surface area contributed by atoms with Crippen LogP contribution in [0.5, 0.6) is 5.75 Å². The van der Waals surface area contributed by atoms with Crippen LogP contribution in [0, 0.1) is 0 Å². The van der Waals surface area contributed by atoms with Gasteiger partial charge in [0, 0.05) is 0 Å². The highest BCUT2D eigenvalue weighted by Crippen LogP contribution is 2.14. The Balaban J connectivity index is 2.88. The third-order valence-corrected chi connectivity index (χ3v) is 1.61. The summed E-state index contributed by atoms with van der Waals surface area (Å²) in [7, 11) is 1.52. The third kappa shape index (κ3) is 2.58. The number of hydrogen-bond donors (Lipinski definition) is 1. The number of carbonyl (C=O) groups is 1. The van der Waals surface area contributed by atoms with Gasteiger partial charge in [0.15, 0.2) is 0 Å². The van der Waals surface area contributed by atoms with Gasteiger partial charge in [-0.3, -0.25) is 0 Å². The number of carboxylic acids is 1. The van der Waals surface area contributed by atoms with Gasteiger partial charge in [-0.05, 0) is 23.8 Å². The number of carboxylic acid groups (broad SMARTS) is 1. The van der Waals surface area contributed by atoms with Crippen molar-refractivity contribution in [1.29, 1.82) is 0 Å². The zero-order chi connectivity index (χ0) is 10.6. The Kier molecular flexibility index (Phi) is 3.23. The quantitative estimate of drug-likeness (QED) is 0.753. The van der Waals surface area contributed by atoms with E-state index < -0.39 is 11.8 Å². The maximum Gasteiger partial charge on any atom is 0.364 e. The van der Waals surface area contributed by atoms with E-state index in [1.807, 2.05) is 0 Å². The van der Waals surface area contributed by atoms with E-state index >= 15 is 0 Å². The number of rotatable bonds is 3. The van der Waals surface area contributed by atoms with E-state index in [2.05, 4.69) is 0 Å². The van der Waals surface area contributed by atoms with Crippen LogP contribution in [-0.4, -0.2) is 18.2 Å². The first-order chi connectivity index (χ1) is 6.63. The summed E-state index contributed by atoms with van der Waals surface area (Å²) in [5.74, 6) is -2.12. The fraction of sp³-hybridized carbons (Fsp3) is 0.100. The fourth-order valence-electron chi connectivity index (χ4n) is 0.908. The van der Waals surface area contributed by atoms with Crippen molar-refractivity contribution in [1.82, 2.24) is 0 Å². The van der Waals surface area contributed by atoms with E-state index in [0.29, 0.717) is 11.3 Å². The highest BCUT2D eigenvalue weighted by molar-refractivity contribution is 5.89. The van der Waals surface area contributed by atoms with Crippen molar-refractivity contribution in [2.45, 2.75) is 0 Å². The van der Waals surface area contributed by atoms with Gasteiger partial charge in [-0.15, -0.1) is 0 Å². The molecule has 1 aromatic carbocycles. The topological polar surface area (TPSA) is 46.5 Å². The highest BCUT2D eigenvalue weighted by Gasteiger charge is 2.04. The van der Waals surface area contributed by atoms with Crippen molar-refractivity contribution >= 4 is 12.0 Å². The van der Waals surface area contributed by atoms with Crippen molar-refractivity contribution in [3.63, 3.8) is 0 Å². The molecule has 0 fully saturated rings. The predicted molar refractivity (Wildman–Crippen MR) is 49.7 cm³/mol. The summed E-state index contributed by atoms with van der Waals surface area (Å²) in [5, 5.41) is 8.28. The van der Waals surface area contributed by atoms with Gasteiger partial charge in [-0.25, -0.2) is 4.79 Å². The molecule has 0 atom stereocenters. The molecule has 1 N–H and O–H groups in total. The van der Waals surface area contributed by atoms with E-state index in [9.17, 15) is 9.18 Å². The Bertz CT molecular complexity index is 354. The Labute approximate surface area is 80.4 Å². The second kappa shape index (κ2) is 4.41. The summed E-state index contributed by atoms with van der Waals surface area (Å²) in [4.78, 5) is 10.2. The lowest BCUT2D eigenvalue weighted by Crippen LogP contribution is -1.93. The molecule has 14 heavy (non-hydrogen) atoms. The molecule has 1 rings (SSSR count). The standard InChI is InChI=1S/C10H9FO3/c1-14-8-4-2-7(3-5-8)6-9(11)10(12)13/h2-6H,1H3,(H,12,13). The first kappa shape index (κ1) is 10.2. The fourth-order valence-corrected chi connectivity index (χ4v) is 0.908. The maximum atomic E-state index is 12.6. The van der Waals surface area contributed by atoms with Crippen LogP contribution < -0.4 is 4.74 Å². The van der Waals surface area contributed by atoms with Gasteiger partial charge in [-0.1, -0.05) is 12.1 Å². The summed E-state index contributed by atoms with van der Waals surface area (Å²) in [6.45, 7) is 0. The first-order valence-electron chi connectivity index (χ1n) is 3.88. The summed E-state index contributed by atoms with van der Waals surface area (Å²) in [6.07, 6.45) is 0.946. The monoisotopic (exact) mass is 196 g/mol. The minimum absolute atomic E-state index is 0.478. The number of ether oxygens (including phenoxy) is 1. The van der Waals surface area contributed by atoms with Crippen LogP contribution in [0.2, 0.25) is 0 Å². The molecule has 0 spiro atoms. The molecule has 0 heterocycles. The summed E-state index contributed by atoms with van der Waals surface area (Å²) in [5.41, 5.74) is 0.478. The molecule has 1 aromatic rings. The molecule has 3 nitrogen and oxygen atoms in total. The van der Waals surface area contributed by atoms with E-state index in [1.54, 1.807) is 24.3 Å². The number of benzene rings is 1. The summed E-state index contributed by atoms with van der Waals surface area (Å²) < 4.78 is 17.5. The van der Waals surface area contributed by atoms with Crippen LogP contribution in [-0.2, 0) is 4.79 Å². The van der Waals surface area contributed by atoms with Gasteiger partial charge in [0.1, 0.15) is 5.75 Å². The average Bonchev–Trinajstić information content (AvgIpc) is 2.19. The Morgan fingerprint density at radius 3 is 2.43 bits per heavy atom. The molecule has 4 heteroatoms. The molecule has 0 aliphatic carbocycles. The van der Waals surface area contributed by atoms with Gasteiger partial charge in [0.2, 0.25) is 5.83 Å². The van der Waals surface area contributed by atoms with Crippen LogP contribution in [0.3, 0.4) is 0 Å². The summed E-state index contributed by atoms with van der Waals surface area (Å²) >= 11 is 0. The Morgan fingerprint density at radius 2 is 2.00 bits per heavy atom. The smallest absolute Gasteiger partial charge is 0.364 e. The van der Waals surface area contributed by atoms with Crippen molar-refractivity contribution in [2.75, 3.05) is 7.11 Å². The summed E-state index contributed by atoms with van der Waals surface area (Å²) in [6, 6.07) is 6.39. The Morgan fingerprint density at radius 1 is 1.43 bits per heavy atom. The van der Waals surface area contributed by atoms with Gasteiger partial charge >= 0.3 is 5.97 Å². The largest absolute Gasteiger partial charge is 0.497 e. The molecule has 0 radical (unpaired) electrons. The molecule has 0 bridgehead atoms. The van der Waals surface area contributed by atoms with Gasteiger partial charge in [-0.2, -0.15) is 4.39 Å². The zero-order valence-corrected chi connectivity index (χ0v) is 7.53. The van der Waals surface area contributed by atoms with Gasteiger partial charge in [0.25, 0.3) is 0 Å². The van der Waals surface area contributed by atoms with E-state index in [0.717, 1.165) is 6.08 Å². The molecule has 0 aliphatic heterocycles. The number of hydrogen-bond acceptors (Lipinski definition) is 2. The van der Waals surface area contributed by atoms with Crippen LogP contribution in [0.15, 0.2) is 30.1 Å². The second-order valence-corrected chi connectivity index (χ2v) is 2.57. The molecule has 0 aliphatic rings. The van der Waals surface area contributed by atoms with Crippen molar-refractivity contribution in [3.8, 4) is 5.75 Å². The highest BCUT2D eigenvalue weighted by atomic mass is 19.1. The van der Waals surface area contributed by atoms with E-state index in [1.165, 1.54) is 7.11 Å². The van der Waals surface area contributed by atoms with E-state index in [-0.39, 0.29) is 0 Å². The molecule has 0 saturated carbocycles. The Hall–Kier alpha value is -1.84. The second-order valence-electron chi connectivity index (χ2n) is 2.57. The van der Waals surface area contributed by atoms with Crippen molar-refractivity contribution in [3.05, 3.63) is 35.7 Å². The molecular weight excluding hydrogens is 187 g/mol. The van der Waals surface area contributed by atoms with Gasteiger partial charge < -0.3 is 9.84 Å². The third-order valence-electron chi connectivity index (χ3n) is 1.61. The average molecular weight is 196 g/mol. The minimum Gasteiger partial charge on any atom is -0.497 e. The van der Waals surface area contributed by atoms with Crippen LogP contribution >= 0.6 is 0 Å². The minimum atomic E-state index is -1.57. The van der Waals surface area contributed by atoms with E-state index in [4.69, 9.17) is 9.84 Å². The van der Waals surface area contributed by atoms with Crippen molar-refractivity contribution in [2.24, 2.45) is 0 Å². The number of methoxy groups -OCH3 is 1. The maximum absolute atomic E-state index is 12.6. The SMILES string of the molecule is COc1ccc(C=C(F)C(=O)O)cc1. The lowest BCUT2D eigenvalue weighted by Gasteiger charge is -1.98. The molecule has 0 saturated heterocycles. The van der Waals surface area contributed by atoms with Gasteiger partial charge in [0.05, 0.1) is 7.11 Å². The van der Waals surface area contributed by atoms with Crippen molar-refractivity contribution < 1.29 is 19.0 Å². The van der Waals surface area contributed by atoms with Crippen LogP contribution in [0.25, 0.3) is 6.08 Å². The predicted octanol–water partition coefficient (Wildman–Crippen LogP) is 2.09. The first-order valence-corrected chi connectivity index (χ1v) is 3.88. The number of aliphatic carboxylic acids is 1. The normalized spacial score (nSPS) is 11.1. The van der Waals surface area contributed by atoms with Crippen LogP contribution in [0.1, 0.15) is 5.56 Å². The zero-order valence-electron chi connectivity index (χ0n) is 7.53. The lowest BCUT2D eigenvalue weighted by atomic mass is 10.2. The molecular formula is C10H9FO3. The van der Waals surface area contributed by atoms with Crippen LogP contribution in [0.4, 0.5) is 4.39 Å². The molecule has 0 aromatic heterocycles. The lowest BCUT2D eigenvalue weighted by molar-refractivity contribution is -0.134. The molecule has 74 valence electrons.